The molecule has 0 radical (unpaired) electrons. The van der Waals surface area contributed by atoms with E-state index < -0.39 is 17.0 Å². The number of rotatable bonds is 15. The smallest absolute Gasteiger partial charge is 0.251 e. The predicted octanol–water partition coefficient (Wildman–Crippen LogP) is 1.75. The Labute approximate surface area is 194 Å². The molecule has 0 unspecified atom stereocenters. The lowest BCUT2D eigenvalue weighted by Gasteiger charge is -2.19. The lowest BCUT2D eigenvalue weighted by Crippen LogP contribution is -2.47. The van der Waals surface area contributed by atoms with Crippen LogP contribution in [0.4, 0.5) is 0 Å². The van der Waals surface area contributed by atoms with Crippen LogP contribution in [0.3, 0.4) is 0 Å². The van der Waals surface area contributed by atoms with Crippen molar-refractivity contribution >= 4 is 17.8 Å². The molecule has 11 nitrogen and oxygen atoms in total. The van der Waals surface area contributed by atoms with Crippen LogP contribution in [0.25, 0.3) is 0 Å². The van der Waals surface area contributed by atoms with Crippen molar-refractivity contribution in [2.45, 2.75) is 58.4 Å². The van der Waals surface area contributed by atoms with Gasteiger partial charge in [0.05, 0.1) is 7.11 Å². The fourth-order valence-corrected chi connectivity index (χ4v) is 3.04. The number of carbonyl (C=O) groups excluding carboxylic acids is 2. The van der Waals surface area contributed by atoms with Gasteiger partial charge in [-0.3, -0.25) is 15.0 Å². The van der Waals surface area contributed by atoms with Crippen molar-refractivity contribution in [3.63, 3.8) is 0 Å². The number of amides is 2. The highest BCUT2D eigenvalue weighted by atomic mass is 16.7. The van der Waals surface area contributed by atoms with Crippen LogP contribution in [0.15, 0.2) is 24.3 Å². The number of benzene rings is 1. The van der Waals surface area contributed by atoms with E-state index in [1.54, 1.807) is 12.5 Å². The Hall–Kier alpha value is -3.37. The first-order valence-corrected chi connectivity index (χ1v) is 11.1. The molecule has 2 amide bonds. The summed E-state index contributed by atoms with van der Waals surface area (Å²) in [5.41, 5.74) is 2.81. The summed E-state index contributed by atoms with van der Waals surface area (Å²) in [6.45, 7) is 4.90. The molecule has 1 rings (SSSR count). The third kappa shape index (κ3) is 12.9. The maximum atomic E-state index is 12.6. The Morgan fingerprint density at radius 3 is 2.39 bits per heavy atom. The number of nitrogens with zero attached hydrogens (tertiary/aromatic N) is 1. The van der Waals surface area contributed by atoms with Crippen LogP contribution >= 0.6 is 0 Å². The van der Waals surface area contributed by atoms with E-state index >= 15 is 0 Å². The van der Waals surface area contributed by atoms with Crippen LogP contribution in [0.1, 0.15) is 51.5 Å². The van der Waals surface area contributed by atoms with E-state index in [0.717, 1.165) is 24.2 Å². The highest BCUT2D eigenvalue weighted by Crippen LogP contribution is 2.13. The molecule has 1 aromatic rings. The normalized spacial score (nSPS) is 11.4. The maximum absolute atomic E-state index is 12.6. The average molecular weight is 465 g/mol. The first-order valence-electron chi connectivity index (χ1n) is 11.1. The number of methoxy groups -OCH3 is 1. The summed E-state index contributed by atoms with van der Waals surface area (Å²) in [7, 11) is 1.61. The lowest BCUT2D eigenvalue weighted by atomic mass is 10.1. The lowest BCUT2D eigenvalue weighted by molar-refractivity contribution is -0.525. The van der Waals surface area contributed by atoms with Crippen molar-refractivity contribution in [3.8, 4) is 5.75 Å². The van der Waals surface area contributed by atoms with Crippen molar-refractivity contribution in [1.82, 2.24) is 21.4 Å². The summed E-state index contributed by atoms with van der Waals surface area (Å²) < 4.78 is 5.14. The molecule has 1 aromatic carbocycles. The first kappa shape index (κ1) is 27.7. The summed E-state index contributed by atoms with van der Waals surface area (Å²) in [6.07, 6.45) is 3.28. The monoisotopic (exact) mass is 464 g/mol. The third-order valence-electron chi connectivity index (χ3n) is 4.88. The topological polar surface area (TPSA) is 158 Å². The molecule has 5 N–H and O–H groups in total. The van der Waals surface area contributed by atoms with E-state index in [2.05, 4.69) is 29.8 Å². The number of aryl methyl sites for hydroxylation is 1. The van der Waals surface area contributed by atoms with Gasteiger partial charge in [-0.25, -0.2) is 10.1 Å². The van der Waals surface area contributed by atoms with Gasteiger partial charge in [-0.15, -0.1) is 0 Å². The number of hydrogen-bond donors (Lipinski definition) is 5. The van der Waals surface area contributed by atoms with Crippen molar-refractivity contribution in [1.29, 1.82) is 5.41 Å². The number of nitrogens with one attached hydrogen (secondary N) is 5. The Bertz CT molecular complexity index is 769. The molecule has 0 aliphatic rings. The Balaban J connectivity index is 2.50. The molecule has 0 aliphatic heterocycles. The highest BCUT2D eigenvalue weighted by Gasteiger charge is 2.20. The zero-order valence-electron chi connectivity index (χ0n) is 19.6. The highest BCUT2D eigenvalue weighted by molar-refractivity contribution is 5.87. The minimum atomic E-state index is -0.827. The van der Waals surface area contributed by atoms with Crippen LogP contribution in [0.5, 0.6) is 5.75 Å². The molecule has 0 spiro atoms. The summed E-state index contributed by atoms with van der Waals surface area (Å²) in [5.74, 6) is 0.337. The number of hydrogen-bond acceptors (Lipinski definition) is 6. The van der Waals surface area contributed by atoms with E-state index in [0.29, 0.717) is 31.7 Å². The zero-order valence-corrected chi connectivity index (χ0v) is 19.6. The molecule has 184 valence electrons. The van der Waals surface area contributed by atoms with Gasteiger partial charge in [-0.2, -0.15) is 0 Å². The standard InChI is InChI=1S/C22H36N6O5/c1-16(2)13-15-24-21(30)19(7-5-14-25-22(23)27-28(31)32)26-20(29)8-4-6-17-9-11-18(33-3)12-10-17/h9-12,16,19H,4-8,13-15H2,1-3H3,(H,24,30)(H,26,29)(H3,23,25,27)/t19-/m0/s1. The van der Waals surface area contributed by atoms with Crippen LogP contribution in [0, 0.1) is 21.4 Å². The van der Waals surface area contributed by atoms with E-state index in [-0.39, 0.29) is 24.8 Å². The number of hydrazine groups is 1. The van der Waals surface area contributed by atoms with Gasteiger partial charge < -0.3 is 20.7 Å². The molecule has 0 bridgehead atoms. The molecule has 0 heterocycles. The second kappa shape index (κ2) is 15.4. The fourth-order valence-electron chi connectivity index (χ4n) is 3.04. The van der Waals surface area contributed by atoms with Crippen molar-refractivity contribution in [2.24, 2.45) is 5.92 Å². The van der Waals surface area contributed by atoms with Gasteiger partial charge in [-0.1, -0.05) is 31.4 Å². The second-order valence-electron chi connectivity index (χ2n) is 8.11. The van der Waals surface area contributed by atoms with E-state index in [1.807, 2.05) is 24.3 Å². The van der Waals surface area contributed by atoms with Crippen molar-refractivity contribution < 1.29 is 19.4 Å². The van der Waals surface area contributed by atoms with Gasteiger partial charge in [0, 0.05) is 19.5 Å². The third-order valence-corrected chi connectivity index (χ3v) is 4.88. The Kier molecular flexibility index (Phi) is 12.9. The molecule has 0 fully saturated rings. The summed E-state index contributed by atoms with van der Waals surface area (Å²) in [6, 6.07) is 6.97. The van der Waals surface area contributed by atoms with Gasteiger partial charge in [0.15, 0.2) is 5.03 Å². The molecule has 11 heteroatoms. The van der Waals surface area contributed by atoms with Crippen LogP contribution < -0.4 is 26.1 Å². The SMILES string of the molecule is COc1ccc(CCCC(=O)N[C@@H](CCCNC(=N)N[N+](=O)[O-])C(=O)NCCC(C)C)cc1. The largest absolute Gasteiger partial charge is 0.497 e. The molecule has 0 saturated carbocycles. The van der Waals surface area contributed by atoms with E-state index in [1.165, 1.54) is 0 Å². The quantitative estimate of drug-likeness (QED) is 0.0869. The second-order valence-corrected chi connectivity index (χ2v) is 8.11. The number of ether oxygens (including phenoxy) is 1. The van der Waals surface area contributed by atoms with Gasteiger partial charge in [0.2, 0.25) is 11.8 Å². The number of nitro groups is 1. The Morgan fingerprint density at radius 2 is 1.79 bits per heavy atom. The summed E-state index contributed by atoms with van der Waals surface area (Å²) in [4.78, 5) is 35.4. The summed E-state index contributed by atoms with van der Waals surface area (Å²) >= 11 is 0. The number of guanidine groups is 1. The Morgan fingerprint density at radius 1 is 1.09 bits per heavy atom. The first-order chi connectivity index (χ1) is 15.7. The number of carbonyl (C=O) groups is 2. The van der Waals surface area contributed by atoms with Crippen LogP contribution in [-0.4, -0.2) is 49.0 Å². The molecule has 0 aliphatic carbocycles. The maximum Gasteiger partial charge on any atom is 0.251 e. The van der Waals surface area contributed by atoms with Gasteiger partial charge in [0.25, 0.3) is 5.96 Å². The van der Waals surface area contributed by atoms with Crippen molar-refractivity contribution in [2.75, 3.05) is 20.2 Å². The van der Waals surface area contributed by atoms with Gasteiger partial charge in [0.1, 0.15) is 11.8 Å². The molecular weight excluding hydrogens is 428 g/mol. The minimum absolute atomic E-state index is 0.205. The minimum Gasteiger partial charge on any atom is -0.497 e. The molecule has 33 heavy (non-hydrogen) atoms. The van der Waals surface area contributed by atoms with Crippen molar-refractivity contribution in [3.05, 3.63) is 39.9 Å². The molecular formula is C22H36N6O5. The van der Waals surface area contributed by atoms with E-state index in [4.69, 9.17) is 10.1 Å². The average Bonchev–Trinajstić information content (AvgIpc) is 2.75. The van der Waals surface area contributed by atoms with Gasteiger partial charge >= 0.3 is 0 Å². The predicted molar refractivity (Wildman–Crippen MR) is 125 cm³/mol. The summed E-state index contributed by atoms with van der Waals surface area (Å²) in [5, 5.41) is 25.1. The van der Waals surface area contributed by atoms with Gasteiger partial charge in [-0.05, 0) is 55.7 Å². The fraction of sp³-hybridized carbons (Fsp3) is 0.591. The van der Waals surface area contributed by atoms with Crippen LogP contribution in [-0.2, 0) is 16.0 Å². The van der Waals surface area contributed by atoms with E-state index in [9.17, 15) is 19.7 Å². The molecule has 0 aromatic heterocycles. The zero-order chi connectivity index (χ0) is 24.6. The molecule has 0 saturated heterocycles. The molecule has 1 atom stereocenters. The van der Waals surface area contributed by atoms with Crippen LogP contribution in [0.2, 0.25) is 0 Å².